The number of aryl methyl sites for hydroxylation is 1. The summed E-state index contributed by atoms with van der Waals surface area (Å²) in [6, 6.07) is 5.86. The summed E-state index contributed by atoms with van der Waals surface area (Å²) in [6.07, 6.45) is 6.22. The van der Waals surface area contributed by atoms with Gasteiger partial charge in [0.15, 0.2) is 17.3 Å². The lowest BCUT2D eigenvalue weighted by molar-refractivity contribution is 0.101. The highest BCUT2D eigenvalue weighted by Crippen LogP contribution is 2.19. The van der Waals surface area contributed by atoms with Gasteiger partial charge in [-0.25, -0.2) is 9.37 Å². The van der Waals surface area contributed by atoms with E-state index in [9.17, 15) is 9.18 Å². The number of rotatable bonds is 7. The van der Waals surface area contributed by atoms with Crippen molar-refractivity contribution in [2.24, 2.45) is 0 Å². The van der Waals surface area contributed by atoms with Crippen LogP contribution in [-0.4, -0.2) is 36.9 Å². The Kier molecular flexibility index (Phi) is 4.64. The SMILES string of the molecule is CC(=O)c1nnn(-c2ccc(F)cc2)c1NCCCn1ccnc1. The predicted octanol–water partition coefficient (Wildman–Crippen LogP) is 2.31. The Bertz CT molecular complexity index is 810. The molecule has 3 rings (SSSR count). The molecule has 0 spiro atoms. The Hall–Kier alpha value is -3.03. The van der Waals surface area contributed by atoms with Crippen LogP contribution >= 0.6 is 0 Å². The lowest BCUT2D eigenvalue weighted by atomic mass is 10.3. The molecule has 124 valence electrons. The number of carbonyl (C=O) groups is 1. The zero-order chi connectivity index (χ0) is 16.9. The first kappa shape index (κ1) is 15.9. The second kappa shape index (κ2) is 7.03. The molecule has 1 aromatic carbocycles. The van der Waals surface area contributed by atoms with Crippen LogP contribution < -0.4 is 5.32 Å². The molecule has 8 heteroatoms. The van der Waals surface area contributed by atoms with Crippen LogP contribution in [0.3, 0.4) is 0 Å². The van der Waals surface area contributed by atoms with Crippen molar-refractivity contribution < 1.29 is 9.18 Å². The number of anilines is 1. The fraction of sp³-hybridized carbons (Fsp3) is 0.250. The molecule has 24 heavy (non-hydrogen) atoms. The first-order valence-corrected chi connectivity index (χ1v) is 7.57. The topological polar surface area (TPSA) is 77.6 Å². The van der Waals surface area contributed by atoms with Crippen LogP contribution in [0.4, 0.5) is 10.2 Å². The molecule has 0 aliphatic heterocycles. The van der Waals surface area contributed by atoms with Crippen LogP contribution in [0, 0.1) is 5.82 Å². The maximum absolute atomic E-state index is 13.1. The maximum atomic E-state index is 13.1. The smallest absolute Gasteiger partial charge is 0.183 e. The standard InChI is InChI=1S/C16H17FN6O/c1-12(24)15-16(19-7-2-9-22-10-8-18-11-22)23(21-20-15)14-5-3-13(17)4-6-14/h3-6,8,10-11,19H,2,7,9H2,1H3. The van der Waals surface area contributed by atoms with Gasteiger partial charge in [-0.15, -0.1) is 5.10 Å². The Morgan fingerprint density at radius 3 is 2.75 bits per heavy atom. The number of Topliss-reactive ketones (excluding diaryl/α,β-unsaturated/α-hetero) is 1. The van der Waals surface area contributed by atoms with Crippen LogP contribution in [0.5, 0.6) is 0 Å². The lowest BCUT2D eigenvalue weighted by Gasteiger charge is -2.10. The quantitative estimate of drug-likeness (QED) is 0.532. The summed E-state index contributed by atoms with van der Waals surface area (Å²) >= 11 is 0. The molecule has 0 saturated heterocycles. The van der Waals surface area contributed by atoms with E-state index in [0.29, 0.717) is 18.1 Å². The van der Waals surface area contributed by atoms with Gasteiger partial charge in [0, 0.05) is 32.4 Å². The number of imidazole rings is 1. The van der Waals surface area contributed by atoms with Crippen molar-refractivity contribution in [3.05, 3.63) is 54.5 Å². The van der Waals surface area contributed by atoms with Crippen LogP contribution in [0.15, 0.2) is 43.0 Å². The van der Waals surface area contributed by atoms with Crippen LogP contribution in [0.25, 0.3) is 5.69 Å². The Morgan fingerprint density at radius 1 is 1.29 bits per heavy atom. The van der Waals surface area contributed by atoms with E-state index in [1.54, 1.807) is 24.7 Å². The molecule has 1 N–H and O–H groups in total. The second-order valence-corrected chi connectivity index (χ2v) is 5.31. The number of hydrogen-bond donors (Lipinski definition) is 1. The van der Waals surface area contributed by atoms with E-state index < -0.39 is 0 Å². The zero-order valence-electron chi connectivity index (χ0n) is 13.2. The minimum absolute atomic E-state index is 0.180. The molecule has 0 fully saturated rings. The Balaban J connectivity index is 1.75. The predicted molar refractivity (Wildman–Crippen MR) is 86.7 cm³/mol. The molecule has 0 unspecified atom stereocenters. The van der Waals surface area contributed by atoms with Gasteiger partial charge >= 0.3 is 0 Å². The summed E-state index contributed by atoms with van der Waals surface area (Å²) in [5.74, 6) is 0.000656. The molecule has 0 bridgehead atoms. The molecule has 0 aliphatic rings. The van der Waals surface area contributed by atoms with E-state index in [2.05, 4.69) is 20.6 Å². The minimum Gasteiger partial charge on any atom is -0.368 e. The molecular weight excluding hydrogens is 311 g/mol. The number of nitrogens with one attached hydrogen (secondary N) is 1. The number of benzene rings is 1. The summed E-state index contributed by atoms with van der Waals surface area (Å²) in [7, 11) is 0. The van der Waals surface area contributed by atoms with Crippen LogP contribution in [-0.2, 0) is 6.54 Å². The van der Waals surface area contributed by atoms with Crippen molar-refractivity contribution in [2.75, 3.05) is 11.9 Å². The monoisotopic (exact) mass is 328 g/mol. The molecular formula is C16H17FN6O. The van der Waals surface area contributed by atoms with Gasteiger partial charge in [0.05, 0.1) is 12.0 Å². The summed E-state index contributed by atoms with van der Waals surface area (Å²) in [5, 5.41) is 11.2. The van der Waals surface area contributed by atoms with E-state index in [1.165, 1.54) is 23.7 Å². The van der Waals surface area contributed by atoms with Crippen LogP contribution in [0.2, 0.25) is 0 Å². The molecule has 2 heterocycles. The maximum Gasteiger partial charge on any atom is 0.183 e. The van der Waals surface area contributed by atoms with E-state index in [-0.39, 0.29) is 17.3 Å². The number of halogens is 1. The van der Waals surface area contributed by atoms with Gasteiger partial charge in [-0.3, -0.25) is 4.79 Å². The normalized spacial score (nSPS) is 10.8. The van der Waals surface area contributed by atoms with Crippen molar-refractivity contribution in [1.82, 2.24) is 24.5 Å². The molecule has 0 atom stereocenters. The van der Waals surface area contributed by atoms with Gasteiger partial charge in [0.1, 0.15) is 5.82 Å². The summed E-state index contributed by atoms with van der Waals surface area (Å²) in [5.41, 5.74) is 0.899. The third-order valence-electron chi connectivity index (χ3n) is 3.52. The van der Waals surface area contributed by atoms with Gasteiger partial charge in [0.2, 0.25) is 0 Å². The number of hydrogen-bond acceptors (Lipinski definition) is 5. The molecule has 7 nitrogen and oxygen atoms in total. The van der Waals surface area contributed by atoms with Gasteiger partial charge in [-0.1, -0.05) is 5.21 Å². The number of aromatic nitrogens is 5. The summed E-state index contributed by atoms with van der Waals surface area (Å²) in [4.78, 5) is 15.7. The van der Waals surface area contributed by atoms with Crippen molar-refractivity contribution in [3.8, 4) is 5.69 Å². The van der Waals surface area contributed by atoms with E-state index in [1.807, 2.05) is 10.8 Å². The first-order chi connectivity index (χ1) is 11.6. The highest BCUT2D eigenvalue weighted by Gasteiger charge is 2.17. The lowest BCUT2D eigenvalue weighted by Crippen LogP contribution is -2.12. The Labute approximate surface area is 138 Å². The average Bonchev–Trinajstić information content (AvgIpc) is 3.22. The van der Waals surface area contributed by atoms with Crippen molar-refractivity contribution in [2.45, 2.75) is 19.9 Å². The molecule has 0 aliphatic carbocycles. The fourth-order valence-electron chi connectivity index (χ4n) is 2.33. The molecule has 3 aromatic rings. The largest absolute Gasteiger partial charge is 0.368 e. The van der Waals surface area contributed by atoms with Gasteiger partial charge in [-0.2, -0.15) is 4.68 Å². The first-order valence-electron chi connectivity index (χ1n) is 7.57. The number of ketones is 1. The number of nitrogens with zero attached hydrogens (tertiary/aromatic N) is 5. The molecule has 2 aromatic heterocycles. The van der Waals surface area contributed by atoms with E-state index >= 15 is 0 Å². The molecule has 0 radical (unpaired) electrons. The van der Waals surface area contributed by atoms with Gasteiger partial charge < -0.3 is 9.88 Å². The van der Waals surface area contributed by atoms with Crippen molar-refractivity contribution in [3.63, 3.8) is 0 Å². The minimum atomic E-state index is -0.333. The third-order valence-corrected chi connectivity index (χ3v) is 3.52. The average molecular weight is 328 g/mol. The highest BCUT2D eigenvalue weighted by molar-refractivity contribution is 5.96. The number of carbonyl (C=O) groups excluding carboxylic acids is 1. The molecule has 0 saturated carbocycles. The van der Waals surface area contributed by atoms with E-state index in [4.69, 9.17) is 0 Å². The zero-order valence-corrected chi connectivity index (χ0v) is 13.2. The van der Waals surface area contributed by atoms with E-state index in [0.717, 1.165) is 13.0 Å². The third kappa shape index (κ3) is 3.48. The summed E-state index contributed by atoms with van der Waals surface area (Å²) < 4.78 is 16.6. The van der Waals surface area contributed by atoms with Gasteiger partial charge in [0.25, 0.3) is 0 Å². The summed E-state index contributed by atoms with van der Waals surface area (Å²) in [6.45, 7) is 2.88. The van der Waals surface area contributed by atoms with Crippen molar-refractivity contribution in [1.29, 1.82) is 0 Å². The van der Waals surface area contributed by atoms with Gasteiger partial charge in [-0.05, 0) is 30.7 Å². The fourth-order valence-corrected chi connectivity index (χ4v) is 2.33. The highest BCUT2D eigenvalue weighted by atomic mass is 19.1. The second-order valence-electron chi connectivity index (χ2n) is 5.31. The van der Waals surface area contributed by atoms with Crippen molar-refractivity contribution >= 4 is 11.6 Å². The Morgan fingerprint density at radius 2 is 2.08 bits per heavy atom. The van der Waals surface area contributed by atoms with Crippen LogP contribution in [0.1, 0.15) is 23.8 Å². The molecule has 0 amide bonds.